The van der Waals surface area contributed by atoms with Gasteiger partial charge in [0, 0.05) is 56.8 Å². The van der Waals surface area contributed by atoms with Crippen molar-refractivity contribution in [1.29, 1.82) is 0 Å². The summed E-state index contributed by atoms with van der Waals surface area (Å²) in [6, 6.07) is 10.3. The van der Waals surface area contributed by atoms with Gasteiger partial charge in [0.2, 0.25) is 0 Å². The van der Waals surface area contributed by atoms with Gasteiger partial charge >= 0.3 is 0 Å². The summed E-state index contributed by atoms with van der Waals surface area (Å²) < 4.78 is 5.34. The van der Waals surface area contributed by atoms with Crippen molar-refractivity contribution >= 4 is 23.0 Å². The fourth-order valence-electron chi connectivity index (χ4n) is 3.78. The van der Waals surface area contributed by atoms with E-state index in [1.807, 2.05) is 6.07 Å². The molecular weight excluding hydrogens is 366 g/mol. The van der Waals surface area contributed by atoms with E-state index in [4.69, 9.17) is 4.74 Å². The Morgan fingerprint density at radius 2 is 1.76 bits per heavy atom. The van der Waals surface area contributed by atoms with Crippen LogP contribution in [0.4, 0.5) is 17.1 Å². The number of anilines is 3. The molecule has 4 rings (SSSR count). The lowest BCUT2D eigenvalue weighted by Crippen LogP contribution is -2.41. The molecule has 0 radical (unpaired) electrons. The molecule has 0 spiro atoms. The van der Waals surface area contributed by atoms with Gasteiger partial charge in [0.15, 0.2) is 0 Å². The molecule has 3 heterocycles. The topological polar surface area (TPSA) is 69.7 Å². The largest absolute Gasteiger partial charge is 0.379 e. The molecule has 7 heteroatoms. The Labute approximate surface area is 172 Å². The number of aromatic nitrogens is 1. The first-order valence-electron chi connectivity index (χ1n) is 10.4. The van der Waals surface area contributed by atoms with Gasteiger partial charge in [-0.05, 0) is 43.2 Å². The standard InChI is InChI=1S/C22H29N5O2/c28-22(24-7-10-26-11-13-29-14-12-26)18-15-20(17-23-16-18)25-19-3-5-21(6-4-19)27-8-1-2-9-27/h3-6,15-17,25H,1-2,7-14H2,(H,24,28). The lowest BCUT2D eigenvalue weighted by molar-refractivity contribution is 0.0383. The average molecular weight is 396 g/mol. The predicted octanol–water partition coefficient (Wildman–Crippen LogP) is 2.49. The van der Waals surface area contributed by atoms with Crippen molar-refractivity contribution in [2.24, 2.45) is 0 Å². The van der Waals surface area contributed by atoms with Crippen molar-refractivity contribution in [1.82, 2.24) is 15.2 Å². The maximum atomic E-state index is 12.5. The molecule has 2 saturated heterocycles. The van der Waals surface area contributed by atoms with Gasteiger partial charge < -0.3 is 20.3 Å². The number of nitrogens with one attached hydrogen (secondary N) is 2. The molecule has 2 aliphatic rings. The Bertz CT molecular complexity index is 799. The predicted molar refractivity (Wildman–Crippen MR) is 115 cm³/mol. The minimum absolute atomic E-state index is 0.0983. The second-order valence-electron chi connectivity index (χ2n) is 7.54. The molecule has 0 aliphatic carbocycles. The SMILES string of the molecule is O=C(NCCN1CCOCC1)c1cncc(Nc2ccc(N3CCCC3)cc2)c1. The van der Waals surface area contributed by atoms with Crippen LogP contribution in [0.3, 0.4) is 0 Å². The van der Waals surface area contributed by atoms with E-state index in [-0.39, 0.29) is 5.91 Å². The Kier molecular flexibility index (Phi) is 6.59. The molecular formula is C22H29N5O2. The molecule has 1 aromatic carbocycles. The highest BCUT2D eigenvalue weighted by Gasteiger charge is 2.13. The van der Waals surface area contributed by atoms with E-state index in [1.54, 1.807) is 12.4 Å². The first-order chi connectivity index (χ1) is 14.3. The first kappa shape index (κ1) is 19.7. The van der Waals surface area contributed by atoms with Gasteiger partial charge in [-0.15, -0.1) is 0 Å². The van der Waals surface area contributed by atoms with Crippen LogP contribution in [0.15, 0.2) is 42.7 Å². The number of benzene rings is 1. The number of carbonyl (C=O) groups is 1. The van der Waals surface area contributed by atoms with Crippen LogP contribution < -0.4 is 15.5 Å². The Morgan fingerprint density at radius 1 is 1.00 bits per heavy atom. The molecule has 2 fully saturated rings. The van der Waals surface area contributed by atoms with E-state index >= 15 is 0 Å². The summed E-state index contributed by atoms with van der Waals surface area (Å²) in [6.07, 6.45) is 5.88. The number of hydrogen-bond acceptors (Lipinski definition) is 6. The summed E-state index contributed by atoms with van der Waals surface area (Å²) in [4.78, 5) is 21.4. The minimum Gasteiger partial charge on any atom is -0.379 e. The van der Waals surface area contributed by atoms with Gasteiger partial charge in [-0.1, -0.05) is 0 Å². The number of rotatable bonds is 7. The molecule has 1 amide bonds. The van der Waals surface area contributed by atoms with Crippen LogP contribution >= 0.6 is 0 Å². The molecule has 2 aliphatic heterocycles. The molecule has 0 bridgehead atoms. The quantitative estimate of drug-likeness (QED) is 0.751. The monoisotopic (exact) mass is 395 g/mol. The first-order valence-corrected chi connectivity index (χ1v) is 10.4. The van der Waals surface area contributed by atoms with Crippen molar-refractivity contribution in [2.45, 2.75) is 12.8 Å². The fourth-order valence-corrected chi connectivity index (χ4v) is 3.78. The summed E-state index contributed by atoms with van der Waals surface area (Å²) in [7, 11) is 0. The normalized spacial score (nSPS) is 17.3. The number of ether oxygens (including phenoxy) is 1. The van der Waals surface area contributed by atoms with Gasteiger partial charge in [0.1, 0.15) is 0 Å². The summed E-state index contributed by atoms with van der Waals surface area (Å²) in [5.41, 5.74) is 3.62. The van der Waals surface area contributed by atoms with Gasteiger partial charge in [-0.3, -0.25) is 14.7 Å². The van der Waals surface area contributed by atoms with Crippen LogP contribution in [-0.2, 0) is 4.74 Å². The van der Waals surface area contributed by atoms with Crippen molar-refractivity contribution in [3.8, 4) is 0 Å². The molecule has 7 nitrogen and oxygen atoms in total. The minimum atomic E-state index is -0.0983. The van der Waals surface area contributed by atoms with Gasteiger partial charge in [0.05, 0.1) is 30.7 Å². The summed E-state index contributed by atoms with van der Waals surface area (Å²) in [6.45, 7) is 7.12. The maximum absolute atomic E-state index is 12.5. The number of pyridine rings is 1. The van der Waals surface area contributed by atoms with Crippen LogP contribution in [0.1, 0.15) is 23.2 Å². The molecule has 0 saturated carbocycles. The molecule has 154 valence electrons. The average Bonchev–Trinajstić information content (AvgIpc) is 3.30. The van der Waals surface area contributed by atoms with Crippen molar-refractivity contribution < 1.29 is 9.53 Å². The summed E-state index contributed by atoms with van der Waals surface area (Å²) >= 11 is 0. The number of amides is 1. The fraction of sp³-hybridized carbons (Fsp3) is 0.455. The third-order valence-electron chi connectivity index (χ3n) is 5.44. The van der Waals surface area contributed by atoms with Crippen LogP contribution in [-0.4, -0.2) is 68.3 Å². The third kappa shape index (κ3) is 5.46. The maximum Gasteiger partial charge on any atom is 0.252 e. The van der Waals surface area contributed by atoms with E-state index in [1.165, 1.54) is 18.5 Å². The van der Waals surface area contributed by atoms with E-state index < -0.39 is 0 Å². The highest BCUT2D eigenvalue weighted by molar-refractivity contribution is 5.94. The number of morpholine rings is 1. The van der Waals surface area contributed by atoms with E-state index in [2.05, 4.69) is 49.7 Å². The van der Waals surface area contributed by atoms with Crippen LogP contribution in [0.2, 0.25) is 0 Å². The molecule has 2 aromatic rings. The molecule has 29 heavy (non-hydrogen) atoms. The van der Waals surface area contributed by atoms with Gasteiger partial charge in [-0.25, -0.2) is 0 Å². The van der Waals surface area contributed by atoms with E-state index in [0.29, 0.717) is 12.1 Å². The number of hydrogen-bond donors (Lipinski definition) is 2. The van der Waals surface area contributed by atoms with E-state index in [9.17, 15) is 4.79 Å². The lowest BCUT2D eigenvalue weighted by atomic mass is 10.2. The zero-order chi connectivity index (χ0) is 19.9. The molecule has 2 N–H and O–H groups in total. The van der Waals surface area contributed by atoms with Gasteiger partial charge in [-0.2, -0.15) is 0 Å². The van der Waals surface area contributed by atoms with Crippen LogP contribution in [0.25, 0.3) is 0 Å². The smallest absolute Gasteiger partial charge is 0.252 e. The van der Waals surface area contributed by atoms with Crippen LogP contribution in [0.5, 0.6) is 0 Å². The number of nitrogens with zero attached hydrogens (tertiary/aromatic N) is 3. The third-order valence-corrected chi connectivity index (χ3v) is 5.44. The Hall–Kier alpha value is -2.64. The summed E-state index contributed by atoms with van der Waals surface area (Å²) in [5, 5.41) is 6.32. The molecule has 0 unspecified atom stereocenters. The highest BCUT2D eigenvalue weighted by Crippen LogP contribution is 2.24. The molecule has 1 aromatic heterocycles. The van der Waals surface area contributed by atoms with Gasteiger partial charge in [0.25, 0.3) is 5.91 Å². The second-order valence-corrected chi connectivity index (χ2v) is 7.54. The summed E-state index contributed by atoms with van der Waals surface area (Å²) in [5.74, 6) is -0.0983. The zero-order valence-corrected chi connectivity index (χ0v) is 16.8. The molecule has 0 atom stereocenters. The van der Waals surface area contributed by atoms with Crippen molar-refractivity contribution in [3.63, 3.8) is 0 Å². The highest BCUT2D eigenvalue weighted by atomic mass is 16.5. The van der Waals surface area contributed by atoms with Crippen LogP contribution in [0, 0.1) is 0 Å². The lowest BCUT2D eigenvalue weighted by Gasteiger charge is -2.26. The second kappa shape index (κ2) is 9.71. The Balaban J connectivity index is 1.30. The van der Waals surface area contributed by atoms with Crippen molar-refractivity contribution in [3.05, 3.63) is 48.3 Å². The number of carbonyl (C=O) groups excluding carboxylic acids is 1. The Morgan fingerprint density at radius 3 is 2.52 bits per heavy atom. The van der Waals surface area contributed by atoms with E-state index in [0.717, 1.165) is 57.3 Å². The van der Waals surface area contributed by atoms with Crippen molar-refractivity contribution in [2.75, 3.05) is 62.7 Å². The zero-order valence-electron chi connectivity index (χ0n) is 16.8.